The number of rotatable bonds is 5. The SMILES string of the molecule is CCN(Cc1nc(-c2ccc(C)cc2)no1)C(=O)c1ccc(C)cc1C. The van der Waals surface area contributed by atoms with E-state index in [9.17, 15) is 4.79 Å². The maximum atomic E-state index is 12.9. The highest BCUT2D eigenvalue weighted by molar-refractivity contribution is 5.95. The lowest BCUT2D eigenvalue weighted by atomic mass is 10.0. The highest BCUT2D eigenvalue weighted by atomic mass is 16.5. The molecule has 5 nitrogen and oxygen atoms in total. The van der Waals surface area contributed by atoms with Gasteiger partial charge in [0.2, 0.25) is 11.7 Å². The fourth-order valence-corrected chi connectivity index (χ4v) is 2.85. The molecule has 3 rings (SSSR count). The van der Waals surface area contributed by atoms with Crippen LogP contribution in [0.4, 0.5) is 0 Å². The van der Waals surface area contributed by atoms with Crippen LogP contribution in [0.2, 0.25) is 0 Å². The van der Waals surface area contributed by atoms with Crippen molar-refractivity contribution in [3.05, 3.63) is 70.6 Å². The molecule has 0 unspecified atom stereocenters. The Kier molecular flexibility index (Phi) is 5.16. The van der Waals surface area contributed by atoms with E-state index in [0.29, 0.717) is 30.4 Å². The van der Waals surface area contributed by atoms with Crippen LogP contribution in [0.15, 0.2) is 47.0 Å². The van der Waals surface area contributed by atoms with E-state index in [1.54, 1.807) is 4.90 Å². The average Bonchev–Trinajstić information content (AvgIpc) is 3.08. The molecule has 0 N–H and O–H groups in total. The van der Waals surface area contributed by atoms with Gasteiger partial charge in [0.15, 0.2) is 0 Å². The summed E-state index contributed by atoms with van der Waals surface area (Å²) in [6.07, 6.45) is 0. The predicted molar refractivity (Wildman–Crippen MR) is 101 cm³/mol. The van der Waals surface area contributed by atoms with Gasteiger partial charge in [-0.05, 0) is 39.3 Å². The molecule has 5 heteroatoms. The van der Waals surface area contributed by atoms with Gasteiger partial charge in [0.05, 0.1) is 0 Å². The van der Waals surface area contributed by atoms with E-state index in [1.165, 1.54) is 5.56 Å². The number of carbonyl (C=O) groups is 1. The quantitative estimate of drug-likeness (QED) is 0.688. The monoisotopic (exact) mass is 349 g/mol. The third kappa shape index (κ3) is 3.82. The van der Waals surface area contributed by atoms with Gasteiger partial charge in [0.1, 0.15) is 6.54 Å². The van der Waals surface area contributed by atoms with E-state index >= 15 is 0 Å². The lowest BCUT2D eigenvalue weighted by molar-refractivity contribution is 0.0734. The van der Waals surface area contributed by atoms with Crippen LogP contribution >= 0.6 is 0 Å². The lowest BCUT2D eigenvalue weighted by Crippen LogP contribution is -2.31. The van der Waals surface area contributed by atoms with Crippen molar-refractivity contribution >= 4 is 5.91 Å². The Morgan fingerprint density at radius 1 is 1.04 bits per heavy atom. The molecule has 0 fully saturated rings. The summed E-state index contributed by atoms with van der Waals surface area (Å²) < 4.78 is 5.36. The Bertz CT molecular complexity index is 913. The second-order valence-corrected chi connectivity index (χ2v) is 6.52. The van der Waals surface area contributed by atoms with E-state index in [4.69, 9.17) is 4.52 Å². The van der Waals surface area contributed by atoms with Crippen molar-refractivity contribution in [1.82, 2.24) is 15.0 Å². The fourth-order valence-electron chi connectivity index (χ4n) is 2.85. The Morgan fingerprint density at radius 2 is 1.73 bits per heavy atom. The summed E-state index contributed by atoms with van der Waals surface area (Å²) in [5.41, 5.74) is 4.89. The molecule has 0 bridgehead atoms. The zero-order valence-corrected chi connectivity index (χ0v) is 15.6. The van der Waals surface area contributed by atoms with Gasteiger partial charge in [-0.25, -0.2) is 0 Å². The van der Waals surface area contributed by atoms with Gasteiger partial charge >= 0.3 is 0 Å². The second-order valence-electron chi connectivity index (χ2n) is 6.52. The molecule has 3 aromatic rings. The molecule has 0 saturated carbocycles. The number of nitrogens with zero attached hydrogens (tertiary/aromatic N) is 3. The van der Waals surface area contributed by atoms with E-state index in [0.717, 1.165) is 16.7 Å². The minimum atomic E-state index is -0.0277. The molecular formula is C21H23N3O2. The first kappa shape index (κ1) is 17.9. The third-order valence-corrected chi connectivity index (χ3v) is 4.39. The van der Waals surface area contributed by atoms with Crippen molar-refractivity contribution in [2.24, 2.45) is 0 Å². The maximum Gasteiger partial charge on any atom is 0.254 e. The molecule has 0 atom stereocenters. The number of aryl methyl sites for hydroxylation is 3. The van der Waals surface area contributed by atoms with Crippen LogP contribution in [0.3, 0.4) is 0 Å². The smallest absolute Gasteiger partial charge is 0.254 e. The first-order chi connectivity index (χ1) is 12.5. The zero-order valence-electron chi connectivity index (χ0n) is 15.6. The number of hydrogen-bond acceptors (Lipinski definition) is 4. The van der Waals surface area contributed by atoms with Gasteiger partial charge in [0.25, 0.3) is 5.91 Å². The summed E-state index contributed by atoms with van der Waals surface area (Å²) in [5, 5.41) is 4.04. The fraction of sp³-hybridized carbons (Fsp3) is 0.286. The highest BCUT2D eigenvalue weighted by Gasteiger charge is 2.19. The van der Waals surface area contributed by atoms with Gasteiger partial charge < -0.3 is 9.42 Å². The van der Waals surface area contributed by atoms with Crippen molar-refractivity contribution in [1.29, 1.82) is 0 Å². The number of carbonyl (C=O) groups excluding carboxylic acids is 1. The lowest BCUT2D eigenvalue weighted by Gasteiger charge is -2.20. The van der Waals surface area contributed by atoms with Crippen LogP contribution in [-0.4, -0.2) is 27.5 Å². The maximum absolute atomic E-state index is 12.9. The average molecular weight is 349 g/mol. The molecule has 0 aliphatic carbocycles. The molecule has 0 radical (unpaired) electrons. The Balaban J connectivity index is 1.78. The Morgan fingerprint density at radius 3 is 2.38 bits per heavy atom. The summed E-state index contributed by atoms with van der Waals surface area (Å²) in [6.45, 7) is 8.80. The Labute approximate surface area is 153 Å². The first-order valence-corrected chi connectivity index (χ1v) is 8.74. The number of benzene rings is 2. The normalized spacial score (nSPS) is 10.8. The molecule has 0 spiro atoms. The molecule has 134 valence electrons. The van der Waals surface area contributed by atoms with Crippen LogP contribution in [0.1, 0.15) is 39.9 Å². The summed E-state index contributed by atoms with van der Waals surface area (Å²) in [4.78, 5) is 19.0. The summed E-state index contributed by atoms with van der Waals surface area (Å²) in [6, 6.07) is 13.8. The van der Waals surface area contributed by atoms with Gasteiger partial charge in [-0.15, -0.1) is 0 Å². The molecule has 26 heavy (non-hydrogen) atoms. The highest BCUT2D eigenvalue weighted by Crippen LogP contribution is 2.18. The van der Waals surface area contributed by atoms with Crippen LogP contribution in [0.25, 0.3) is 11.4 Å². The van der Waals surface area contributed by atoms with Gasteiger partial charge in [-0.1, -0.05) is 52.7 Å². The van der Waals surface area contributed by atoms with Crippen molar-refractivity contribution < 1.29 is 9.32 Å². The van der Waals surface area contributed by atoms with Crippen molar-refractivity contribution in [3.63, 3.8) is 0 Å². The van der Waals surface area contributed by atoms with E-state index in [2.05, 4.69) is 10.1 Å². The van der Waals surface area contributed by atoms with Crippen LogP contribution < -0.4 is 0 Å². The predicted octanol–water partition coefficient (Wildman–Crippen LogP) is 4.32. The third-order valence-electron chi connectivity index (χ3n) is 4.39. The number of aromatic nitrogens is 2. The molecular weight excluding hydrogens is 326 g/mol. The van der Waals surface area contributed by atoms with Gasteiger partial charge in [-0.2, -0.15) is 4.98 Å². The molecule has 0 saturated heterocycles. The van der Waals surface area contributed by atoms with E-state index in [1.807, 2.05) is 70.2 Å². The molecule has 1 aromatic heterocycles. The number of hydrogen-bond donors (Lipinski definition) is 0. The minimum Gasteiger partial charge on any atom is -0.337 e. The summed E-state index contributed by atoms with van der Waals surface area (Å²) in [7, 11) is 0. The van der Waals surface area contributed by atoms with Gasteiger partial charge in [-0.3, -0.25) is 4.79 Å². The van der Waals surface area contributed by atoms with Crippen LogP contribution in [0.5, 0.6) is 0 Å². The summed E-state index contributed by atoms with van der Waals surface area (Å²) in [5.74, 6) is 0.940. The van der Waals surface area contributed by atoms with Crippen molar-refractivity contribution in [2.75, 3.05) is 6.54 Å². The molecule has 1 heterocycles. The van der Waals surface area contributed by atoms with E-state index < -0.39 is 0 Å². The molecule has 0 aliphatic heterocycles. The van der Waals surface area contributed by atoms with Crippen LogP contribution in [-0.2, 0) is 6.54 Å². The largest absolute Gasteiger partial charge is 0.337 e. The van der Waals surface area contributed by atoms with E-state index in [-0.39, 0.29) is 5.91 Å². The zero-order chi connectivity index (χ0) is 18.7. The Hall–Kier alpha value is -2.95. The number of amides is 1. The standard InChI is InChI=1S/C21H23N3O2/c1-5-24(21(25)18-11-8-15(3)12-16(18)4)13-19-22-20(23-26-19)17-9-6-14(2)7-10-17/h6-12H,5,13H2,1-4H3. The minimum absolute atomic E-state index is 0.0277. The second kappa shape index (κ2) is 7.52. The summed E-state index contributed by atoms with van der Waals surface area (Å²) >= 11 is 0. The first-order valence-electron chi connectivity index (χ1n) is 8.74. The molecule has 0 aliphatic rings. The topological polar surface area (TPSA) is 59.2 Å². The van der Waals surface area contributed by atoms with Gasteiger partial charge in [0, 0.05) is 17.7 Å². The molecule has 1 amide bonds. The van der Waals surface area contributed by atoms with Crippen LogP contribution in [0, 0.1) is 20.8 Å². The van der Waals surface area contributed by atoms with Crippen molar-refractivity contribution in [3.8, 4) is 11.4 Å². The van der Waals surface area contributed by atoms with Crippen molar-refractivity contribution in [2.45, 2.75) is 34.2 Å². The molecule has 2 aromatic carbocycles.